The Morgan fingerprint density at radius 3 is 2.79 bits per heavy atom. The highest BCUT2D eigenvalue weighted by molar-refractivity contribution is 5.79. The number of hydrogen-bond acceptors (Lipinski definition) is 4. The van der Waals surface area contributed by atoms with Crippen molar-refractivity contribution in [3.8, 4) is 5.88 Å². The van der Waals surface area contributed by atoms with E-state index in [-0.39, 0.29) is 12.4 Å². The van der Waals surface area contributed by atoms with Gasteiger partial charge in [0.2, 0.25) is 5.88 Å². The molecule has 6 nitrogen and oxygen atoms in total. The van der Waals surface area contributed by atoms with E-state index in [0.717, 1.165) is 6.42 Å². The van der Waals surface area contributed by atoms with Crippen LogP contribution in [0.15, 0.2) is 23.3 Å². The number of ether oxygens (including phenoxy) is 2. The molecule has 0 amide bonds. The number of alkyl halides is 3. The maximum atomic E-state index is 12.3. The minimum absolute atomic E-state index is 0.0613. The third-order valence-corrected chi connectivity index (χ3v) is 2.79. The lowest BCUT2D eigenvalue weighted by atomic mass is 10.3. The lowest BCUT2D eigenvalue weighted by molar-refractivity contribution is -0.154. The van der Waals surface area contributed by atoms with E-state index in [1.807, 2.05) is 6.92 Å². The highest BCUT2D eigenvalue weighted by Crippen LogP contribution is 2.20. The SMILES string of the molecule is CCNC(=NCc1cccnc1OCC(F)(F)F)NCCCOC. The summed E-state index contributed by atoms with van der Waals surface area (Å²) in [7, 11) is 1.63. The van der Waals surface area contributed by atoms with Gasteiger partial charge in [-0.1, -0.05) is 6.07 Å². The maximum absolute atomic E-state index is 12.3. The Balaban J connectivity index is 2.67. The summed E-state index contributed by atoms with van der Waals surface area (Å²) in [6, 6.07) is 3.26. The molecule has 0 aromatic carbocycles. The summed E-state index contributed by atoms with van der Waals surface area (Å²) in [4.78, 5) is 8.18. The first kappa shape index (κ1) is 20.0. The number of aliphatic imine (C=N–C) groups is 1. The molecule has 0 spiro atoms. The molecule has 0 aliphatic heterocycles. The summed E-state index contributed by atoms with van der Waals surface area (Å²) < 4.78 is 46.5. The fraction of sp³-hybridized carbons (Fsp3) is 0.600. The molecule has 1 aromatic rings. The van der Waals surface area contributed by atoms with E-state index in [1.165, 1.54) is 6.20 Å². The molecule has 1 aromatic heterocycles. The molecule has 0 bridgehead atoms. The van der Waals surface area contributed by atoms with Gasteiger partial charge in [-0.15, -0.1) is 0 Å². The van der Waals surface area contributed by atoms with E-state index in [1.54, 1.807) is 19.2 Å². The molecule has 1 rings (SSSR count). The summed E-state index contributed by atoms with van der Waals surface area (Å²) in [5, 5.41) is 6.18. The second-order valence-corrected chi connectivity index (χ2v) is 4.84. The summed E-state index contributed by atoms with van der Waals surface area (Å²) in [6.45, 7) is 2.67. The van der Waals surface area contributed by atoms with Crippen molar-refractivity contribution in [2.45, 2.75) is 26.1 Å². The van der Waals surface area contributed by atoms with Gasteiger partial charge in [-0.2, -0.15) is 13.2 Å². The predicted molar refractivity (Wildman–Crippen MR) is 85.1 cm³/mol. The van der Waals surface area contributed by atoms with Gasteiger partial charge in [0.05, 0.1) is 6.54 Å². The lowest BCUT2D eigenvalue weighted by Gasteiger charge is -2.13. The zero-order valence-corrected chi connectivity index (χ0v) is 13.8. The third kappa shape index (κ3) is 8.56. The van der Waals surface area contributed by atoms with Crippen LogP contribution in [0.3, 0.4) is 0 Å². The van der Waals surface area contributed by atoms with E-state index in [4.69, 9.17) is 9.47 Å². The first-order valence-corrected chi connectivity index (χ1v) is 7.60. The number of aromatic nitrogens is 1. The fourth-order valence-corrected chi connectivity index (χ4v) is 1.75. The van der Waals surface area contributed by atoms with E-state index in [2.05, 4.69) is 20.6 Å². The summed E-state index contributed by atoms with van der Waals surface area (Å²) in [5.74, 6) is 0.507. The van der Waals surface area contributed by atoms with Crippen LogP contribution in [0, 0.1) is 0 Å². The van der Waals surface area contributed by atoms with Crippen LogP contribution >= 0.6 is 0 Å². The van der Waals surface area contributed by atoms with E-state index >= 15 is 0 Å². The predicted octanol–water partition coefficient (Wildman–Crippen LogP) is 2.11. The van der Waals surface area contributed by atoms with E-state index < -0.39 is 12.8 Å². The van der Waals surface area contributed by atoms with Gasteiger partial charge in [0, 0.05) is 38.6 Å². The highest BCUT2D eigenvalue weighted by atomic mass is 19.4. The molecule has 0 saturated carbocycles. The first-order chi connectivity index (χ1) is 11.5. The normalized spacial score (nSPS) is 12.1. The number of hydrogen-bond donors (Lipinski definition) is 2. The van der Waals surface area contributed by atoms with Crippen molar-refractivity contribution < 1.29 is 22.6 Å². The van der Waals surface area contributed by atoms with Crippen LogP contribution in [-0.4, -0.2) is 50.5 Å². The molecule has 24 heavy (non-hydrogen) atoms. The van der Waals surface area contributed by atoms with Gasteiger partial charge in [-0.3, -0.25) is 0 Å². The van der Waals surface area contributed by atoms with Crippen molar-refractivity contribution in [2.75, 3.05) is 33.4 Å². The molecule has 2 N–H and O–H groups in total. The monoisotopic (exact) mass is 348 g/mol. The molecule has 0 aliphatic rings. The Morgan fingerprint density at radius 2 is 2.12 bits per heavy atom. The standard InChI is InChI=1S/C15H23F3N4O2/c1-3-19-14(21-8-5-9-23-2)22-10-12-6-4-7-20-13(12)24-11-15(16,17)18/h4,6-7H,3,5,8-11H2,1-2H3,(H2,19,21,22). The topological polar surface area (TPSA) is 67.8 Å². The summed E-state index contributed by atoms with van der Waals surface area (Å²) in [5.41, 5.74) is 0.482. The molecule has 0 fully saturated rings. The molecular formula is C15H23F3N4O2. The quantitative estimate of drug-likeness (QED) is 0.406. The van der Waals surface area contributed by atoms with Crippen molar-refractivity contribution >= 4 is 5.96 Å². The Kier molecular flexibility index (Phi) is 8.92. The summed E-state index contributed by atoms with van der Waals surface area (Å²) >= 11 is 0. The first-order valence-electron chi connectivity index (χ1n) is 7.60. The minimum Gasteiger partial charge on any atom is -0.468 e. The Morgan fingerprint density at radius 1 is 1.33 bits per heavy atom. The van der Waals surface area contributed by atoms with Crippen molar-refractivity contribution in [1.29, 1.82) is 0 Å². The van der Waals surface area contributed by atoms with Gasteiger partial charge in [-0.25, -0.2) is 9.98 Å². The average Bonchev–Trinajstić information content (AvgIpc) is 2.54. The minimum atomic E-state index is -4.41. The maximum Gasteiger partial charge on any atom is 0.422 e. The number of nitrogens with zero attached hydrogens (tertiary/aromatic N) is 2. The number of halogens is 3. The van der Waals surface area contributed by atoms with Crippen LogP contribution in [0.5, 0.6) is 5.88 Å². The Labute approximate surface area is 139 Å². The second-order valence-electron chi connectivity index (χ2n) is 4.84. The lowest BCUT2D eigenvalue weighted by Crippen LogP contribution is -2.38. The van der Waals surface area contributed by atoms with Crippen LogP contribution < -0.4 is 15.4 Å². The molecule has 0 radical (unpaired) electrons. The van der Waals surface area contributed by atoms with Gasteiger partial charge in [-0.05, 0) is 19.4 Å². The zero-order chi connectivity index (χ0) is 17.8. The highest BCUT2D eigenvalue weighted by Gasteiger charge is 2.29. The molecular weight excluding hydrogens is 325 g/mol. The van der Waals surface area contributed by atoms with Gasteiger partial charge >= 0.3 is 6.18 Å². The van der Waals surface area contributed by atoms with Crippen LogP contribution in [0.1, 0.15) is 18.9 Å². The zero-order valence-electron chi connectivity index (χ0n) is 13.8. The van der Waals surface area contributed by atoms with Gasteiger partial charge in [0.15, 0.2) is 12.6 Å². The van der Waals surface area contributed by atoms with Crippen LogP contribution in [-0.2, 0) is 11.3 Å². The molecule has 0 atom stereocenters. The van der Waals surface area contributed by atoms with Gasteiger partial charge in [0.25, 0.3) is 0 Å². The second kappa shape index (κ2) is 10.7. The average molecular weight is 348 g/mol. The third-order valence-electron chi connectivity index (χ3n) is 2.79. The number of nitrogens with one attached hydrogen (secondary N) is 2. The van der Waals surface area contributed by atoms with Crippen molar-refractivity contribution in [2.24, 2.45) is 4.99 Å². The van der Waals surface area contributed by atoms with Crippen LogP contribution in [0.4, 0.5) is 13.2 Å². The van der Waals surface area contributed by atoms with Crippen molar-refractivity contribution in [3.63, 3.8) is 0 Å². The van der Waals surface area contributed by atoms with Gasteiger partial charge < -0.3 is 20.1 Å². The van der Waals surface area contributed by atoms with Crippen LogP contribution in [0.2, 0.25) is 0 Å². The largest absolute Gasteiger partial charge is 0.468 e. The van der Waals surface area contributed by atoms with E-state index in [0.29, 0.717) is 31.2 Å². The van der Waals surface area contributed by atoms with Crippen molar-refractivity contribution in [1.82, 2.24) is 15.6 Å². The number of methoxy groups -OCH3 is 1. The Bertz CT molecular complexity index is 510. The molecule has 1 heterocycles. The number of rotatable bonds is 9. The molecule has 0 unspecified atom stereocenters. The van der Waals surface area contributed by atoms with Gasteiger partial charge in [0.1, 0.15) is 0 Å². The fourth-order valence-electron chi connectivity index (χ4n) is 1.75. The molecule has 0 saturated heterocycles. The van der Waals surface area contributed by atoms with Crippen LogP contribution in [0.25, 0.3) is 0 Å². The molecule has 136 valence electrons. The smallest absolute Gasteiger partial charge is 0.422 e. The van der Waals surface area contributed by atoms with E-state index in [9.17, 15) is 13.2 Å². The molecule has 9 heteroatoms. The number of pyridine rings is 1. The Hall–Kier alpha value is -2.03. The number of guanidine groups is 1. The summed E-state index contributed by atoms with van der Waals surface area (Å²) in [6.07, 6.45) is -2.21. The molecule has 0 aliphatic carbocycles. The van der Waals surface area contributed by atoms with Crippen molar-refractivity contribution in [3.05, 3.63) is 23.9 Å².